The van der Waals surface area contributed by atoms with Gasteiger partial charge in [0.2, 0.25) is 5.91 Å². The quantitative estimate of drug-likeness (QED) is 0.785. The molecule has 2 fully saturated rings. The molecule has 146 valence electrons. The molecule has 1 aromatic carbocycles. The minimum atomic E-state index is -4.45. The van der Waals surface area contributed by atoms with E-state index < -0.39 is 23.3 Å². The van der Waals surface area contributed by atoms with Crippen molar-refractivity contribution in [3.8, 4) is 0 Å². The van der Waals surface area contributed by atoms with Crippen LogP contribution in [0.4, 0.5) is 18.0 Å². The van der Waals surface area contributed by atoms with Crippen LogP contribution in [-0.4, -0.2) is 41.4 Å². The summed E-state index contributed by atoms with van der Waals surface area (Å²) in [6.07, 6.45) is -3.50. The van der Waals surface area contributed by atoms with Crippen LogP contribution in [0.1, 0.15) is 30.9 Å². The summed E-state index contributed by atoms with van der Waals surface area (Å²) in [6, 6.07) is 4.23. The molecule has 0 radical (unpaired) electrons. The van der Waals surface area contributed by atoms with Crippen molar-refractivity contribution >= 4 is 17.8 Å². The van der Waals surface area contributed by atoms with E-state index in [0.717, 1.165) is 12.1 Å². The average molecular weight is 383 g/mol. The van der Waals surface area contributed by atoms with Gasteiger partial charge in [0, 0.05) is 13.1 Å². The highest BCUT2D eigenvalue weighted by molar-refractivity contribution is 6.07. The zero-order valence-corrected chi connectivity index (χ0v) is 14.7. The van der Waals surface area contributed by atoms with Gasteiger partial charge in [-0.3, -0.25) is 14.9 Å². The Morgan fingerprint density at radius 3 is 2.48 bits per heavy atom. The summed E-state index contributed by atoms with van der Waals surface area (Å²) in [5.74, 6) is -0.736. The number of nitrogens with zero attached hydrogens (tertiary/aromatic N) is 1. The highest BCUT2D eigenvalue weighted by atomic mass is 19.4. The number of hydrogen-bond donors (Lipinski definition) is 2. The smallest absolute Gasteiger partial charge is 0.342 e. The minimum Gasteiger partial charge on any atom is -0.342 e. The number of alkyl halides is 3. The third-order valence-electron chi connectivity index (χ3n) is 5.35. The number of piperidine rings is 1. The van der Waals surface area contributed by atoms with E-state index in [1.54, 1.807) is 11.8 Å². The second-order valence-corrected chi connectivity index (χ2v) is 7.14. The molecule has 27 heavy (non-hydrogen) atoms. The van der Waals surface area contributed by atoms with Crippen molar-refractivity contribution < 1.29 is 27.6 Å². The second-order valence-electron chi connectivity index (χ2n) is 7.14. The van der Waals surface area contributed by atoms with Gasteiger partial charge in [-0.1, -0.05) is 18.2 Å². The maximum Gasteiger partial charge on any atom is 0.416 e. The van der Waals surface area contributed by atoms with Crippen molar-refractivity contribution in [3.63, 3.8) is 0 Å². The molecule has 9 heteroatoms. The highest BCUT2D eigenvalue weighted by Gasteiger charge is 2.48. The number of urea groups is 1. The number of imide groups is 1. The van der Waals surface area contributed by atoms with Crippen LogP contribution in [0.25, 0.3) is 0 Å². The Labute approximate surface area is 154 Å². The Hall–Kier alpha value is -2.58. The Balaban J connectivity index is 1.59. The SMILES string of the molecule is C[C@]1(C2CCN(C(=O)Cc3cccc(C(F)(F)F)c3)CC2)NC(=O)NC1=O. The first kappa shape index (κ1) is 19.2. The van der Waals surface area contributed by atoms with E-state index in [-0.39, 0.29) is 24.2 Å². The van der Waals surface area contributed by atoms with Crippen molar-refractivity contribution in [2.75, 3.05) is 13.1 Å². The molecule has 4 amide bonds. The maximum atomic E-state index is 12.8. The van der Waals surface area contributed by atoms with E-state index in [2.05, 4.69) is 10.6 Å². The molecule has 0 aliphatic carbocycles. The number of nitrogens with one attached hydrogen (secondary N) is 2. The van der Waals surface area contributed by atoms with Crippen LogP contribution in [0, 0.1) is 5.92 Å². The van der Waals surface area contributed by atoms with Crippen LogP contribution in [0.15, 0.2) is 24.3 Å². The molecular formula is C18H20F3N3O3. The third-order valence-corrected chi connectivity index (χ3v) is 5.35. The molecule has 0 spiro atoms. The first-order valence-electron chi connectivity index (χ1n) is 8.67. The molecule has 3 rings (SSSR count). The normalized spacial score (nSPS) is 23.9. The van der Waals surface area contributed by atoms with E-state index in [1.807, 2.05) is 0 Å². The van der Waals surface area contributed by atoms with E-state index in [1.165, 1.54) is 12.1 Å². The summed E-state index contributed by atoms with van der Waals surface area (Å²) in [6.45, 7) is 2.44. The second kappa shape index (κ2) is 6.86. The largest absolute Gasteiger partial charge is 0.416 e. The topological polar surface area (TPSA) is 78.5 Å². The Morgan fingerprint density at radius 2 is 1.93 bits per heavy atom. The van der Waals surface area contributed by atoms with Crippen molar-refractivity contribution in [2.45, 2.75) is 37.9 Å². The number of benzene rings is 1. The summed E-state index contributed by atoms with van der Waals surface area (Å²) < 4.78 is 38.4. The molecular weight excluding hydrogens is 363 g/mol. The fourth-order valence-corrected chi connectivity index (χ4v) is 3.69. The standard InChI is InChI=1S/C18H20F3N3O3/c1-17(15(26)22-16(27)23-17)12-5-7-24(8-6-12)14(25)10-11-3-2-4-13(9-11)18(19,20)21/h2-4,9,12H,5-8,10H2,1H3,(H2,22,23,26,27)/t17-/m1/s1. The predicted octanol–water partition coefficient (Wildman–Crippen LogP) is 2.08. The van der Waals surface area contributed by atoms with Crippen LogP contribution in [0.5, 0.6) is 0 Å². The lowest BCUT2D eigenvalue weighted by molar-refractivity contribution is -0.138. The van der Waals surface area contributed by atoms with Gasteiger partial charge >= 0.3 is 12.2 Å². The lowest BCUT2D eigenvalue weighted by Gasteiger charge is -2.38. The fraction of sp³-hybridized carbons (Fsp3) is 0.500. The molecule has 6 nitrogen and oxygen atoms in total. The number of rotatable bonds is 3. The van der Waals surface area contributed by atoms with Gasteiger partial charge in [0.25, 0.3) is 5.91 Å². The molecule has 2 aliphatic rings. The summed E-state index contributed by atoms with van der Waals surface area (Å²) in [4.78, 5) is 37.4. The molecule has 0 aromatic heterocycles. The predicted molar refractivity (Wildman–Crippen MR) is 89.5 cm³/mol. The number of hydrogen-bond acceptors (Lipinski definition) is 3. The molecule has 1 atom stereocenters. The van der Waals surface area contributed by atoms with Gasteiger partial charge in [-0.2, -0.15) is 13.2 Å². The van der Waals surface area contributed by atoms with E-state index in [9.17, 15) is 27.6 Å². The van der Waals surface area contributed by atoms with Gasteiger partial charge < -0.3 is 10.2 Å². The third kappa shape index (κ3) is 3.91. The van der Waals surface area contributed by atoms with Crippen LogP contribution >= 0.6 is 0 Å². The molecule has 2 N–H and O–H groups in total. The number of halogens is 3. The molecule has 2 heterocycles. The summed E-state index contributed by atoms with van der Waals surface area (Å²) in [5.41, 5.74) is -1.46. The number of likely N-dealkylation sites (tertiary alicyclic amines) is 1. The van der Waals surface area contributed by atoms with Crippen LogP contribution in [0.2, 0.25) is 0 Å². The van der Waals surface area contributed by atoms with Gasteiger partial charge in [0.15, 0.2) is 0 Å². The number of amides is 4. The molecule has 2 aliphatic heterocycles. The molecule has 0 bridgehead atoms. The zero-order chi connectivity index (χ0) is 19.8. The van der Waals surface area contributed by atoms with Crippen molar-refractivity contribution in [1.82, 2.24) is 15.5 Å². The van der Waals surface area contributed by atoms with E-state index in [4.69, 9.17) is 0 Å². The van der Waals surface area contributed by atoms with Crippen LogP contribution < -0.4 is 10.6 Å². The average Bonchev–Trinajstić information content (AvgIpc) is 2.87. The molecule has 0 saturated carbocycles. The van der Waals surface area contributed by atoms with Gasteiger partial charge in [0.05, 0.1) is 12.0 Å². The van der Waals surface area contributed by atoms with Gasteiger partial charge in [-0.25, -0.2) is 4.79 Å². The molecule has 0 unspecified atom stereocenters. The van der Waals surface area contributed by atoms with E-state index in [0.29, 0.717) is 31.5 Å². The Morgan fingerprint density at radius 1 is 1.26 bits per heavy atom. The highest BCUT2D eigenvalue weighted by Crippen LogP contribution is 2.32. The van der Waals surface area contributed by atoms with Crippen molar-refractivity contribution in [1.29, 1.82) is 0 Å². The first-order valence-corrected chi connectivity index (χ1v) is 8.67. The summed E-state index contributed by atoms with van der Waals surface area (Å²) in [7, 11) is 0. The van der Waals surface area contributed by atoms with E-state index >= 15 is 0 Å². The van der Waals surface area contributed by atoms with Gasteiger partial charge in [-0.05, 0) is 37.3 Å². The summed E-state index contributed by atoms with van der Waals surface area (Å²) in [5, 5.41) is 4.87. The van der Waals surface area contributed by atoms with Gasteiger partial charge in [-0.15, -0.1) is 0 Å². The Kier molecular flexibility index (Phi) is 4.88. The molecule has 1 aromatic rings. The fourth-order valence-electron chi connectivity index (χ4n) is 3.69. The lowest BCUT2D eigenvalue weighted by Crippen LogP contribution is -2.54. The Bertz CT molecular complexity index is 773. The monoisotopic (exact) mass is 383 g/mol. The summed E-state index contributed by atoms with van der Waals surface area (Å²) >= 11 is 0. The van der Waals surface area contributed by atoms with Crippen LogP contribution in [-0.2, 0) is 22.2 Å². The van der Waals surface area contributed by atoms with Crippen LogP contribution in [0.3, 0.4) is 0 Å². The van der Waals surface area contributed by atoms with Crippen molar-refractivity contribution in [3.05, 3.63) is 35.4 Å². The number of carbonyl (C=O) groups excluding carboxylic acids is 3. The maximum absolute atomic E-state index is 12.8. The zero-order valence-electron chi connectivity index (χ0n) is 14.7. The number of carbonyl (C=O) groups is 3. The minimum absolute atomic E-state index is 0.108. The molecule has 2 saturated heterocycles. The van der Waals surface area contributed by atoms with Gasteiger partial charge in [0.1, 0.15) is 5.54 Å². The van der Waals surface area contributed by atoms with Crippen molar-refractivity contribution in [2.24, 2.45) is 5.92 Å². The lowest BCUT2D eigenvalue weighted by atomic mass is 9.79. The first-order chi connectivity index (χ1) is 12.6.